The van der Waals surface area contributed by atoms with Gasteiger partial charge < -0.3 is 30.0 Å². The van der Waals surface area contributed by atoms with E-state index in [1.54, 1.807) is 0 Å². The van der Waals surface area contributed by atoms with Crippen LogP contribution in [-0.4, -0.2) is 48.4 Å². The average molecular weight is 577 g/mol. The van der Waals surface area contributed by atoms with Gasteiger partial charge in [0.25, 0.3) is 0 Å². The summed E-state index contributed by atoms with van der Waals surface area (Å²) in [7, 11) is -16.3. The maximum absolute atomic E-state index is 11.9. The lowest BCUT2D eigenvalue weighted by Gasteiger charge is -2.17. The highest BCUT2D eigenvalue weighted by molar-refractivity contribution is 14.1. The molecular weight excluding hydrogens is 562 g/mol. The van der Waals surface area contributed by atoms with Crippen molar-refractivity contribution in [3.8, 4) is 0 Å². The lowest BCUT2D eigenvalue weighted by Crippen LogP contribution is -2.28. The van der Waals surface area contributed by atoms with Crippen molar-refractivity contribution in [1.29, 1.82) is 0 Å². The van der Waals surface area contributed by atoms with Crippen LogP contribution in [0.15, 0.2) is 11.0 Å². The Bertz CT molecular complexity index is 933. The monoisotopic (exact) mass is 577 g/mol. The first-order valence-electron chi connectivity index (χ1n) is 7.11. The van der Waals surface area contributed by atoms with Crippen LogP contribution in [0.4, 0.5) is 5.82 Å². The molecular formula is C9H15IN3O12P3. The van der Waals surface area contributed by atoms with Crippen molar-refractivity contribution < 1.29 is 51.2 Å². The maximum atomic E-state index is 11.9. The third-order valence-corrected chi connectivity index (χ3v) is 7.86. The number of nitrogens with two attached hydrogens (primary N) is 1. The fourth-order valence-corrected chi connectivity index (χ4v) is 5.67. The van der Waals surface area contributed by atoms with Crippen molar-refractivity contribution in [2.24, 2.45) is 0 Å². The Morgan fingerprint density at radius 1 is 1.25 bits per heavy atom. The number of anilines is 1. The van der Waals surface area contributed by atoms with Gasteiger partial charge in [0.1, 0.15) is 5.82 Å². The Kier molecular flexibility index (Phi) is 7.62. The van der Waals surface area contributed by atoms with Crippen molar-refractivity contribution in [2.45, 2.75) is 18.6 Å². The summed E-state index contributed by atoms with van der Waals surface area (Å²) < 4.78 is 52.3. The van der Waals surface area contributed by atoms with Gasteiger partial charge in [0.15, 0.2) is 0 Å². The minimum absolute atomic E-state index is 0.0476. The molecule has 0 bridgehead atoms. The first kappa shape index (κ1) is 24.1. The van der Waals surface area contributed by atoms with E-state index in [2.05, 4.69) is 18.1 Å². The van der Waals surface area contributed by atoms with Gasteiger partial charge in [0.2, 0.25) is 0 Å². The van der Waals surface area contributed by atoms with E-state index in [9.17, 15) is 23.4 Å². The fourth-order valence-electron chi connectivity index (χ4n) is 2.20. The van der Waals surface area contributed by atoms with Crippen molar-refractivity contribution in [3.05, 3.63) is 20.3 Å². The maximum Gasteiger partial charge on any atom is 0.490 e. The topological polar surface area (TPSA) is 230 Å². The molecule has 2 rings (SSSR count). The Morgan fingerprint density at radius 2 is 1.89 bits per heavy atom. The first-order valence-corrected chi connectivity index (χ1v) is 12.7. The van der Waals surface area contributed by atoms with E-state index in [4.69, 9.17) is 25.2 Å². The van der Waals surface area contributed by atoms with Crippen LogP contribution < -0.4 is 11.4 Å². The van der Waals surface area contributed by atoms with Gasteiger partial charge in [-0.3, -0.25) is 9.09 Å². The van der Waals surface area contributed by atoms with E-state index in [1.165, 1.54) is 10.8 Å². The molecule has 1 fully saturated rings. The number of hydrogen-bond donors (Lipinski definition) is 5. The number of nitrogens with zero attached hydrogens (tertiary/aromatic N) is 2. The number of rotatable bonds is 8. The SMILES string of the molecule is Nc1nc(=O)n(C2COC(COP(=O)(O)OP(=O)(O)OP(=O)(O)O)C2)cc1I. The van der Waals surface area contributed by atoms with E-state index in [0.717, 1.165) is 0 Å². The normalized spacial score (nSPS) is 24.6. The van der Waals surface area contributed by atoms with Gasteiger partial charge >= 0.3 is 29.2 Å². The van der Waals surface area contributed by atoms with Gasteiger partial charge in [-0.1, -0.05) is 0 Å². The van der Waals surface area contributed by atoms with E-state index < -0.39 is 47.9 Å². The van der Waals surface area contributed by atoms with E-state index >= 15 is 0 Å². The zero-order chi connectivity index (χ0) is 21.3. The fraction of sp³-hybridized carbons (Fsp3) is 0.556. The number of phosphoric acid groups is 3. The van der Waals surface area contributed by atoms with E-state index in [0.29, 0.717) is 3.57 Å². The predicted molar refractivity (Wildman–Crippen MR) is 98.8 cm³/mol. The second-order valence-electron chi connectivity index (χ2n) is 5.40. The van der Waals surface area contributed by atoms with Crippen LogP contribution in [0.2, 0.25) is 0 Å². The highest BCUT2D eigenvalue weighted by Crippen LogP contribution is 2.66. The summed E-state index contributed by atoms with van der Waals surface area (Å²) >= 11 is 1.89. The molecule has 0 aliphatic carbocycles. The molecule has 15 nitrogen and oxygen atoms in total. The summed E-state index contributed by atoms with van der Waals surface area (Å²) in [6.45, 7) is -0.541. The Balaban J connectivity index is 1.95. The first-order chi connectivity index (χ1) is 12.7. The van der Waals surface area contributed by atoms with Crippen LogP contribution >= 0.6 is 46.1 Å². The summed E-state index contributed by atoms with van der Waals surface area (Å²) in [4.78, 5) is 50.9. The zero-order valence-corrected chi connectivity index (χ0v) is 18.4. The Labute approximate surface area is 170 Å². The van der Waals surface area contributed by atoms with Crippen LogP contribution in [0.25, 0.3) is 0 Å². The summed E-state index contributed by atoms with van der Waals surface area (Å²) in [5.74, 6) is 0.0741. The largest absolute Gasteiger partial charge is 0.490 e. The van der Waals surface area contributed by atoms with Gasteiger partial charge in [0, 0.05) is 6.20 Å². The van der Waals surface area contributed by atoms with Crippen LogP contribution in [0, 0.1) is 3.57 Å². The number of halogens is 1. The molecule has 1 aromatic heterocycles. The molecule has 19 heteroatoms. The Morgan fingerprint density at radius 3 is 2.50 bits per heavy atom. The minimum Gasteiger partial charge on any atom is -0.383 e. The number of phosphoric ester groups is 1. The molecule has 160 valence electrons. The molecule has 6 N–H and O–H groups in total. The van der Waals surface area contributed by atoms with Crippen LogP contribution in [-0.2, 0) is 31.6 Å². The van der Waals surface area contributed by atoms with Crippen LogP contribution in [0.3, 0.4) is 0 Å². The second-order valence-corrected chi connectivity index (χ2v) is 11.0. The number of hydrogen-bond acceptors (Lipinski definition) is 10. The molecule has 0 radical (unpaired) electrons. The number of nitrogen functional groups attached to an aromatic ring is 1. The van der Waals surface area contributed by atoms with Gasteiger partial charge in [-0.15, -0.1) is 0 Å². The van der Waals surface area contributed by atoms with Crippen LogP contribution in [0.5, 0.6) is 0 Å². The standard InChI is InChI=1S/C9H15IN3O12P3/c10-7-2-13(9(14)12-8(7)11)5-1-6(22-3-5)4-23-27(18,19)25-28(20,21)24-26(15,16)17/h2,5-6H,1,3-4H2,(H,18,19)(H,20,21)(H2,11,12,14)(H2,15,16,17). The van der Waals surface area contributed by atoms with Crippen molar-refractivity contribution in [3.63, 3.8) is 0 Å². The third-order valence-electron chi connectivity index (χ3n) is 3.23. The highest BCUT2D eigenvalue weighted by Gasteiger charge is 2.41. The highest BCUT2D eigenvalue weighted by atomic mass is 127. The molecule has 0 spiro atoms. The minimum atomic E-state index is -5.58. The molecule has 1 aliphatic rings. The molecule has 4 atom stereocenters. The quantitative estimate of drug-likeness (QED) is 0.204. The zero-order valence-electron chi connectivity index (χ0n) is 13.6. The lowest BCUT2D eigenvalue weighted by molar-refractivity contribution is 0.0528. The van der Waals surface area contributed by atoms with Gasteiger partial charge in [-0.25, -0.2) is 18.5 Å². The van der Waals surface area contributed by atoms with E-state index in [1.807, 2.05) is 22.6 Å². The summed E-state index contributed by atoms with van der Waals surface area (Å²) in [5, 5.41) is 0. The average Bonchev–Trinajstić information content (AvgIpc) is 2.94. The molecule has 0 amide bonds. The van der Waals surface area contributed by atoms with Crippen molar-refractivity contribution in [1.82, 2.24) is 9.55 Å². The summed E-state index contributed by atoms with van der Waals surface area (Å²) in [6.07, 6.45) is 0.846. The summed E-state index contributed by atoms with van der Waals surface area (Å²) in [5.41, 5.74) is 4.93. The third kappa shape index (κ3) is 7.23. The summed E-state index contributed by atoms with van der Waals surface area (Å²) in [6, 6.07) is -0.469. The number of ether oxygens (including phenoxy) is 1. The molecule has 0 saturated carbocycles. The van der Waals surface area contributed by atoms with Gasteiger partial charge in [-0.2, -0.15) is 13.6 Å². The molecule has 1 aliphatic heterocycles. The molecule has 0 aromatic carbocycles. The molecule has 4 unspecified atom stereocenters. The second kappa shape index (κ2) is 8.88. The molecule has 28 heavy (non-hydrogen) atoms. The Hall–Kier alpha value is -0.220. The van der Waals surface area contributed by atoms with Crippen molar-refractivity contribution >= 4 is 51.9 Å². The van der Waals surface area contributed by atoms with Crippen LogP contribution in [0.1, 0.15) is 12.5 Å². The van der Waals surface area contributed by atoms with E-state index in [-0.39, 0.29) is 18.8 Å². The molecule has 1 aromatic rings. The molecule has 2 heterocycles. The van der Waals surface area contributed by atoms with Gasteiger partial charge in [0.05, 0.1) is 28.9 Å². The predicted octanol–water partition coefficient (Wildman–Crippen LogP) is 0.103. The van der Waals surface area contributed by atoms with Crippen molar-refractivity contribution in [2.75, 3.05) is 18.9 Å². The van der Waals surface area contributed by atoms with Gasteiger partial charge in [-0.05, 0) is 29.0 Å². The number of aromatic nitrogens is 2. The lowest BCUT2D eigenvalue weighted by atomic mass is 10.2. The smallest absolute Gasteiger partial charge is 0.383 e. The molecule has 1 saturated heterocycles.